The molecule has 1 fully saturated rings. The predicted octanol–water partition coefficient (Wildman–Crippen LogP) is 1.97. The zero-order valence-electron chi connectivity index (χ0n) is 11.0. The van der Waals surface area contributed by atoms with Gasteiger partial charge < -0.3 is 10.1 Å². The van der Waals surface area contributed by atoms with Crippen LogP contribution >= 0.6 is 0 Å². The fraction of sp³-hybridized carbons (Fsp3) is 0.571. The van der Waals surface area contributed by atoms with E-state index in [1.54, 1.807) is 7.11 Å². The van der Waals surface area contributed by atoms with E-state index in [0.29, 0.717) is 6.04 Å². The van der Waals surface area contributed by atoms with E-state index >= 15 is 0 Å². The zero-order chi connectivity index (χ0) is 12.3. The minimum atomic E-state index is 0.488. The molecule has 17 heavy (non-hydrogen) atoms. The third kappa shape index (κ3) is 2.79. The van der Waals surface area contributed by atoms with E-state index in [-0.39, 0.29) is 0 Å². The lowest BCUT2D eigenvalue weighted by molar-refractivity contribution is 0.185. The van der Waals surface area contributed by atoms with Crippen molar-refractivity contribution in [2.24, 2.45) is 0 Å². The van der Waals surface area contributed by atoms with Gasteiger partial charge in [0.05, 0.1) is 7.11 Å². The molecule has 1 aromatic carbocycles. The standard InChI is InChI=1S/C14H22N2O/c1-11-10-13(4-5-14(11)17-3)12(2)16-8-6-15-7-9-16/h4-5,10,12,15H,6-9H2,1-3H3/t12-/m0/s1. The van der Waals surface area contributed by atoms with Crippen molar-refractivity contribution < 1.29 is 4.74 Å². The molecular formula is C14H22N2O. The lowest BCUT2D eigenvalue weighted by Gasteiger charge is -2.33. The highest BCUT2D eigenvalue weighted by Crippen LogP contribution is 2.25. The van der Waals surface area contributed by atoms with Crippen LogP contribution in [0.1, 0.15) is 24.1 Å². The van der Waals surface area contributed by atoms with Gasteiger partial charge in [-0.15, -0.1) is 0 Å². The summed E-state index contributed by atoms with van der Waals surface area (Å²) >= 11 is 0. The van der Waals surface area contributed by atoms with Crippen LogP contribution in [0.25, 0.3) is 0 Å². The molecule has 3 heteroatoms. The fourth-order valence-electron chi connectivity index (χ4n) is 2.44. The minimum Gasteiger partial charge on any atom is -0.496 e. The van der Waals surface area contributed by atoms with Gasteiger partial charge in [-0.05, 0) is 31.0 Å². The number of hydrogen-bond donors (Lipinski definition) is 1. The van der Waals surface area contributed by atoms with Crippen molar-refractivity contribution in [2.45, 2.75) is 19.9 Å². The molecule has 1 aromatic rings. The molecule has 94 valence electrons. The second-order valence-electron chi connectivity index (χ2n) is 4.69. The average molecular weight is 234 g/mol. The van der Waals surface area contributed by atoms with E-state index in [0.717, 1.165) is 31.9 Å². The summed E-state index contributed by atoms with van der Waals surface area (Å²) in [5, 5.41) is 3.39. The van der Waals surface area contributed by atoms with Crippen LogP contribution in [0.3, 0.4) is 0 Å². The molecule has 1 aliphatic heterocycles. The van der Waals surface area contributed by atoms with Crippen molar-refractivity contribution in [2.75, 3.05) is 33.3 Å². The molecule has 1 aliphatic rings. The van der Waals surface area contributed by atoms with Gasteiger partial charge >= 0.3 is 0 Å². The van der Waals surface area contributed by atoms with E-state index in [9.17, 15) is 0 Å². The van der Waals surface area contributed by atoms with Crippen LogP contribution in [0.15, 0.2) is 18.2 Å². The van der Waals surface area contributed by atoms with Crippen LogP contribution in [-0.2, 0) is 0 Å². The lowest BCUT2D eigenvalue weighted by atomic mass is 10.0. The molecule has 0 aromatic heterocycles. The highest BCUT2D eigenvalue weighted by Gasteiger charge is 2.18. The molecular weight excluding hydrogens is 212 g/mol. The summed E-state index contributed by atoms with van der Waals surface area (Å²) in [7, 11) is 1.72. The predicted molar refractivity (Wildman–Crippen MR) is 70.6 cm³/mol. The molecule has 2 rings (SSSR count). The van der Waals surface area contributed by atoms with Gasteiger partial charge in [0.1, 0.15) is 5.75 Å². The van der Waals surface area contributed by atoms with Gasteiger partial charge in [-0.25, -0.2) is 0 Å². The summed E-state index contributed by atoms with van der Waals surface area (Å²) in [6.45, 7) is 8.84. The van der Waals surface area contributed by atoms with Crippen LogP contribution in [0.4, 0.5) is 0 Å². The summed E-state index contributed by atoms with van der Waals surface area (Å²) < 4.78 is 5.30. The molecule has 1 N–H and O–H groups in total. The maximum atomic E-state index is 5.30. The zero-order valence-corrected chi connectivity index (χ0v) is 11.0. The number of benzene rings is 1. The number of nitrogens with one attached hydrogen (secondary N) is 1. The maximum Gasteiger partial charge on any atom is 0.121 e. The number of aryl methyl sites for hydroxylation is 1. The van der Waals surface area contributed by atoms with E-state index in [4.69, 9.17) is 4.74 Å². The van der Waals surface area contributed by atoms with Gasteiger partial charge in [-0.3, -0.25) is 4.90 Å². The molecule has 1 atom stereocenters. The first-order chi connectivity index (χ1) is 8.22. The normalized spacial score (nSPS) is 19.0. The minimum absolute atomic E-state index is 0.488. The first-order valence-electron chi connectivity index (χ1n) is 6.31. The Labute approximate surface area is 104 Å². The average Bonchev–Trinajstić information content (AvgIpc) is 2.39. The first kappa shape index (κ1) is 12.4. The second kappa shape index (κ2) is 5.52. The molecule has 1 heterocycles. The molecule has 0 radical (unpaired) electrons. The van der Waals surface area contributed by atoms with Gasteiger partial charge in [0, 0.05) is 32.2 Å². The summed E-state index contributed by atoms with van der Waals surface area (Å²) in [6, 6.07) is 6.98. The summed E-state index contributed by atoms with van der Waals surface area (Å²) in [5.41, 5.74) is 2.59. The topological polar surface area (TPSA) is 24.5 Å². The number of ether oxygens (including phenoxy) is 1. The van der Waals surface area contributed by atoms with Crippen LogP contribution in [-0.4, -0.2) is 38.2 Å². The molecule has 0 amide bonds. The van der Waals surface area contributed by atoms with Gasteiger partial charge in [0.2, 0.25) is 0 Å². The van der Waals surface area contributed by atoms with E-state index in [2.05, 4.69) is 42.3 Å². The number of methoxy groups -OCH3 is 1. The second-order valence-corrected chi connectivity index (χ2v) is 4.69. The number of nitrogens with zero attached hydrogens (tertiary/aromatic N) is 1. The Morgan fingerprint density at radius 1 is 1.29 bits per heavy atom. The quantitative estimate of drug-likeness (QED) is 0.865. The summed E-state index contributed by atoms with van der Waals surface area (Å²) in [6.07, 6.45) is 0. The Hall–Kier alpha value is -1.06. The highest BCUT2D eigenvalue weighted by molar-refractivity contribution is 5.37. The third-order valence-electron chi connectivity index (χ3n) is 3.60. The Bertz CT molecular complexity index is 372. The van der Waals surface area contributed by atoms with Gasteiger partial charge in [0.15, 0.2) is 0 Å². The van der Waals surface area contributed by atoms with E-state index in [1.165, 1.54) is 11.1 Å². The Kier molecular flexibility index (Phi) is 4.02. The summed E-state index contributed by atoms with van der Waals surface area (Å²) in [4.78, 5) is 2.53. The smallest absolute Gasteiger partial charge is 0.121 e. The van der Waals surface area contributed by atoms with Crippen LogP contribution in [0.2, 0.25) is 0 Å². The Balaban J connectivity index is 2.12. The van der Waals surface area contributed by atoms with Crippen LogP contribution in [0, 0.1) is 6.92 Å². The SMILES string of the molecule is COc1ccc([C@H](C)N2CCNCC2)cc1C. The number of rotatable bonds is 3. The molecule has 0 unspecified atom stereocenters. The van der Waals surface area contributed by atoms with Crippen molar-refractivity contribution in [3.8, 4) is 5.75 Å². The van der Waals surface area contributed by atoms with Crippen molar-refractivity contribution in [1.29, 1.82) is 0 Å². The Morgan fingerprint density at radius 2 is 2.00 bits per heavy atom. The van der Waals surface area contributed by atoms with Gasteiger partial charge in [0.25, 0.3) is 0 Å². The van der Waals surface area contributed by atoms with Crippen molar-refractivity contribution >= 4 is 0 Å². The Morgan fingerprint density at radius 3 is 2.59 bits per heavy atom. The van der Waals surface area contributed by atoms with Crippen LogP contribution in [0.5, 0.6) is 5.75 Å². The molecule has 3 nitrogen and oxygen atoms in total. The molecule has 0 spiro atoms. The fourth-order valence-corrected chi connectivity index (χ4v) is 2.44. The van der Waals surface area contributed by atoms with E-state index in [1.807, 2.05) is 0 Å². The monoisotopic (exact) mass is 234 g/mol. The van der Waals surface area contributed by atoms with Gasteiger partial charge in [-0.2, -0.15) is 0 Å². The molecule has 0 bridgehead atoms. The number of piperazine rings is 1. The lowest BCUT2D eigenvalue weighted by Crippen LogP contribution is -2.44. The van der Waals surface area contributed by atoms with Crippen molar-refractivity contribution in [3.63, 3.8) is 0 Å². The van der Waals surface area contributed by atoms with E-state index < -0.39 is 0 Å². The third-order valence-corrected chi connectivity index (χ3v) is 3.60. The highest BCUT2D eigenvalue weighted by atomic mass is 16.5. The summed E-state index contributed by atoms with van der Waals surface area (Å²) in [5.74, 6) is 0.973. The largest absolute Gasteiger partial charge is 0.496 e. The van der Waals surface area contributed by atoms with Gasteiger partial charge in [-0.1, -0.05) is 12.1 Å². The number of hydrogen-bond acceptors (Lipinski definition) is 3. The maximum absolute atomic E-state index is 5.30. The molecule has 0 saturated carbocycles. The van der Waals surface area contributed by atoms with Crippen molar-refractivity contribution in [1.82, 2.24) is 10.2 Å². The van der Waals surface area contributed by atoms with Crippen LogP contribution < -0.4 is 10.1 Å². The molecule has 0 aliphatic carbocycles. The van der Waals surface area contributed by atoms with Crippen molar-refractivity contribution in [3.05, 3.63) is 29.3 Å². The first-order valence-corrected chi connectivity index (χ1v) is 6.31. The molecule has 1 saturated heterocycles.